The predicted octanol–water partition coefficient (Wildman–Crippen LogP) is 2.08. The van der Waals surface area contributed by atoms with Gasteiger partial charge in [-0.3, -0.25) is 0 Å². The quantitative estimate of drug-likeness (QED) is 0.856. The number of hydrogen-bond acceptors (Lipinski definition) is 4. The van der Waals surface area contributed by atoms with Crippen LogP contribution in [0, 0.1) is 0 Å². The van der Waals surface area contributed by atoms with E-state index in [9.17, 15) is 5.11 Å². The second-order valence-corrected chi connectivity index (χ2v) is 5.27. The van der Waals surface area contributed by atoms with E-state index in [0.717, 1.165) is 30.2 Å². The first-order chi connectivity index (χ1) is 7.79. The van der Waals surface area contributed by atoms with Crippen LogP contribution in [0.2, 0.25) is 0 Å². The molecular formula is C12H18N2OS. The van der Waals surface area contributed by atoms with Gasteiger partial charge < -0.3 is 10.0 Å². The molecule has 0 aromatic carbocycles. The van der Waals surface area contributed by atoms with Gasteiger partial charge in [0.05, 0.1) is 6.10 Å². The molecule has 1 saturated heterocycles. The van der Waals surface area contributed by atoms with Crippen LogP contribution >= 0.6 is 11.8 Å². The molecular weight excluding hydrogens is 220 g/mol. The van der Waals surface area contributed by atoms with Crippen molar-refractivity contribution in [3.63, 3.8) is 0 Å². The smallest absolute Gasteiger partial charge is 0.134 e. The number of hydrogen-bond donors (Lipinski definition) is 1. The van der Waals surface area contributed by atoms with Gasteiger partial charge in [-0.25, -0.2) is 4.98 Å². The zero-order valence-electron chi connectivity index (χ0n) is 9.59. The van der Waals surface area contributed by atoms with E-state index in [4.69, 9.17) is 0 Å². The van der Waals surface area contributed by atoms with Gasteiger partial charge >= 0.3 is 0 Å². The number of nitrogens with zero attached hydrogens (tertiary/aromatic N) is 2. The van der Waals surface area contributed by atoms with Crippen LogP contribution in [0.25, 0.3) is 0 Å². The summed E-state index contributed by atoms with van der Waals surface area (Å²) in [7, 11) is 0. The molecule has 1 aromatic rings. The first kappa shape index (κ1) is 11.7. The highest BCUT2D eigenvalue weighted by Crippen LogP contribution is 2.25. The molecule has 0 spiro atoms. The molecule has 0 amide bonds. The van der Waals surface area contributed by atoms with Crippen molar-refractivity contribution >= 4 is 17.6 Å². The summed E-state index contributed by atoms with van der Waals surface area (Å²) in [5.74, 6) is 3.34. The van der Waals surface area contributed by atoms with E-state index in [1.54, 1.807) is 13.1 Å². The van der Waals surface area contributed by atoms with Crippen LogP contribution in [-0.2, 0) is 0 Å². The Bertz CT molecular complexity index is 336. The lowest BCUT2D eigenvalue weighted by molar-refractivity contribution is 0.199. The van der Waals surface area contributed by atoms with E-state index in [0.29, 0.717) is 0 Å². The molecule has 2 heterocycles. The topological polar surface area (TPSA) is 36.4 Å². The Labute approximate surface area is 101 Å². The van der Waals surface area contributed by atoms with Crippen LogP contribution in [0.1, 0.15) is 25.0 Å². The molecule has 1 N–H and O–H groups in total. The molecule has 16 heavy (non-hydrogen) atoms. The van der Waals surface area contributed by atoms with Crippen molar-refractivity contribution in [3.8, 4) is 0 Å². The number of aliphatic hydroxyl groups is 1. The number of pyridine rings is 1. The summed E-state index contributed by atoms with van der Waals surface area (Å²) < 4.78 is 0. The number of thioether (sulfide) groups is 1. The summed E-state index contributed by atoms with van der Waals surface area (Å²) in [6, 6.07) is 3.85. The zero-order valence-corrected chi connectivity index (χ0v) is 10.4. The van der Waals surface area contributed by atoms with Crippen LogP contribution in [0.15, 0.2) is 18.3 Å². The van der Waals surface area contributed by atoms with E-state index in [1.165, 1.54) is 12.2 Å². The van der Waals surface area contributed by atoms with Crippen LogP contribution in [0.4, 0.5) is 5.82 Å². The molecule has 3 nitrogen and oxygen atoms in total. The summed E-state index contributed by atoms with van der Waals surface area (Å²) >= 11 is 2.00. The first-order valence-electron chi connectivity index (χ1n) is 5.74. The van der Waals surface area contributed by atoms with Crippen molar-refractivity contribution in [1.29, 1.82) is 0 Å². The van der Waals surface area contributed by atoms with Crippen molar-refractivity contribution in [1.82, 2.24) is 4.98 Å². The maximum Gasteiger partial charge on any atom is 0.134 e. The maximum absolute atomic E-state index is 9.73. The lowest BCUT2D eigenvalue weighted by Gasteiger charge is -2.24. The molecule has 4 heteroatoms. The Kier molecular flexibility index (Phi) is 4.07. The van der Waals surface area contributed by atoms with Crippen molar-refractivity contribution in [3.05, 3.63) is 23.9 Å². The predicted molar refractivity (Wildman–Crippen MR) is 69.0 cm³/mol. The number of aliphatic hydroxyl groups excluding tert-OH is 1. The average Bonchev–Trinajstić information content (AvgIpc) is 2.57. The fourth-order valence-corrected chi connectivity index (χ4v) is 2.84. The van der Waals surface area contributed by atoms with Gasteiger partial charge in [0.1, 0.15) is 5.82 Å². The van der Waals surface area contributed by atoms with Crippen molar-refractivity contribution in [2.45, 2.75) is 19.4 Å². The van der Waals surface area contributed by atoms with E-state index < -0.39 is 6.10 Å². The Morgan fingerprint density at radius 3 is 3.12 bits per heavy atom. The van der Waals surface area contributed by atoms with E-state index in [1.807, 2.05) is 23.9 Å². The largest absolute Gasteiger partial charge is 0.389 e. The molecule has 2 rings (SSSR count). The van der Waals surface area contributed by atoms with Gasteiger partial charge in [-0.05, 0) is 25.2 Å². The highest BCUT2D eigenvalue weighted by atomic mass is 32.2. The average molecular weight is 238 g/mol. The highest BCUT2D eigenvalue weighted by molar-refractivity contribution is 7.99. The van der Waals surface area contributed by atoms with Gasteiger partial charge in [0.25, 0.3) is 0 Å². The van der Waals surface area contributed by atoms with Gasteiger partial charge in [-0.2, -0.15) is 11.8 Å². The monoisotopic (exact) mass is 238 g/mol. The third kappa shape index (κ3) is 2.68. The van der Waals surface area contributed by atoms with E-state index >= 15 is 0 Å². The van der Waals surface area contributed by atoms with Crippen LogP contribution in [-0.4, -0.2) is 34.7 Å². The Hall–Kier alpha value is -0.740. The zero-order chi connectivity index (χ0) is 11.4. The SMILES string of the molecule is C[C@@H](O)c1cccnc1N1CCCSCC1. The van der Waals surface area contributed by atoms with Gasteiger partial charge in [-0.1, -0.05) is 6.07 Å². The van der Waals surface area contributed by atoms with Crippen LogP contribution in [0.3, 0.4) is 0 Å². The molecule has 1 atom stereocenters. The van der Waals surface area contributed by atoms with Crippen LogP contribution < -0.4 is 4.90 Å². The second-order valence-electron chi connectivity index (χ2n) is 4.05. The van der Waals surface area contributed by atoms with Crippen molar-refractivity contribution < 1.29 is 5.11 Å². The fraction of sp³-hybridized carbons (Fsp3) is 0.583. The fourth-order valence-electron chi connectivity index (χ4n) is 1.96. The minimum absolute atomic E-state index is 0.445. The van der Waals surface area contributed by atoms with Gasteiger partial charge in [0.2, 0.25) is 0 Å². The third-order valence-electron chi connectivity index (χ3n) is 2.79. The van der Waals surface area contributed by atoms with Gasteiger partial charge in [-0.15, -0.1) is 0 Å². The number of rotatable bonds is 2. The number of aromatic nitrogens is 1. The molecule has 1 aliphatic rings. The molecule has 1 aromatic heterocycles. The lowest BCUT2D eigenvalue weighted by Crippen LogP contribution is -2.27. The summed E-state index contributed by atoms with van der Waals surface area (Å²) in [4.78, 5) is 6.72. The maximum atomic E-state index is 9.73. The second kappa shape index (κ2) is 5.55. The van der Waals surface area contributed by atoms with Crippen molar-refractivity contribution in [2.24, 2.45) is 0 Å². The summed E-state index contributed by atoms with van der Waals surface area (Å²) in [5, 5.41) is 9.73. The van der Waals surface area contributed by atoms with Crippen molar-refractivity contribution in [2.75, 3.05) is 29.5 Å². The number of anilines is 1. The summed E-state index contributed by atoms with van der Waals surface area (Å²) in [6.45, 7) is 3.87. The first-order valence-corrected chi connectivity index (χ1v) is 6.90. The van der Waals surface area contributed by atoms with Crippen LogP contribution in [0.5, 0.6) is 0 Å². The minimum Gasteiger partial charge on any atom is -0.389 e. The molecule has 0 aliphatic carbocycles. The minimum atomic E-state index is -0.445. The molecule has 1 aliphatic heterocycles. The Morgan fingerprint density at radius 1 is 1.44 bits per heavy atom. The molecule has 0 unspecified atom stereocenters. The highest BCUT2D eigenvalue weighted by Gasteiger charge is 2.16. The van der Waals surface area contributed by atoms with Gasteiger partial charge in [0, 0.05) is 30.6 Å². The molecule has 1 fully saturated rings. The molecule has 0 saturated carbocycles. The van der Waals surface area contributed by atoms with E-state index in [2.05, 4.69) is 9.88 Å². The lowest BCUT2D eigenvalue weighted by atomic mass is 10.1. The molecule has 0 bridgehead atoms. The normalized spacial score (nSPS) is 19.2. The molecule has 88 valence electrons. The standard InChI is InChI=1S/C12H18N2OS/c1-10(15)11-4-2-5-13-12(11)14-6-3-8-16-9-7-14/h2,4-5,10,15H,3,6-9H2,1H3/t10-/m1/s1. The molecule has 0 radical (unpaired) electrons. The van der Waals surface area contributed by atoms with E-state index in [-0.39, 0.29) is 0 Å². The van der Waals surface area contributed by atoms with Gasteiger partial charge in [0.15, 0.2) is 0 Å². The summed E-state index contributed by atoms with van der Waals surface area (Å²) in [5.41, 5.74) is 0.939. The Balaban J connectivity index is 2.23. The summed E-state index contributed by atoms with van der Waals surface area (Å²) in [6.07, 6.45) is 2.55. The Morgan fingerprint density at radius 2 is 2.31 bits per heavy atom. The third-order valence-corrected chi connectivity index (χ3v) is 3.84.